The van der Waals surface area contributed by atoms with Gasteiger partial charge in [-0.15, -0.1) is 0 Å². The van der Waals surface area contributed by atoms with Crippen LogP contribution in [0.5, 0.6) is 11.5 Å². The molecule has 0 spiro atoms. The van der Waals surface area contributed by atoms with Crippen LogP contribution in [0.25, 0.3) is 0 Å². The fourth-order valence-corrected chi connectivity index (χ4v) is 1.51. The van der Waals surface area contributed by atoms with Crippen LogP contribution in [0.3, 0.4) is 0 Å². The van der Waals surface area contributed by atoms with E-state index < -0.39 is 0 Å². The smallest absolute Gasteiger partial charge is 0.165 e. The summed E-state index contributed by atoms with van der Waals surface area (Å²) in [5.74, 6) is 6.34. The summed E-state index contributed by atoms with van der Waals surface area (Å²) in [6.45, 7) is 0.137. The van der Waals surface area contributed by atoms with Crippen LogP contribution >= 0.6 is 0 Å². The Balaban J connectivity index is 1.96. The first-order valence-electron chi connectivity index (χ1n) is 5.80. The number of benzene rings is 2. The van der Waals surface area contributed by atoms with Gasteiger partial charge in [-0.1, -0.05) is 30.0 Å². The second kappa shape index (κ2) is 6.46. The van der Waals surface area contributed by atoms with E-state index in [9.17, 15) is 4.39 Å². The summed E-state index contributed by atoms with van der Waals surface area (Å²) in [4.78, 5) is 0. The van der Waals surface area contributed by atoms with Crippen LogP contribution in [0.2, 0.25) is 0 Å². The molecule has 0 N–H and O–H groups in total. The number of ether oxygens (including phenoxy) is 2. The van der Waals surface area contributed by atoms with E-state index in [1.54, 1.807) is 25.3 Å². The highest BCUT2D eigenvalue weighted by molar-refractivity contribution is 5.39. The van der Waals surface area contributed by atoms with Gasteiger partial charge in [-0.05, 0) is 30.3 Å². The number of hydrogen-bond donors (Lipinski definition) is 0. The van der Waals surface area contributed by atoms with Gasteiger partial charge < -0.3 is 9.47 Å². The van der Waals surface area contributed by atoms with Crippen molar-refractivity contribution in [1.29, 1.82) is 0 Å². The predicted octanol–water partition coefficient (Wildman–Crippen LogP) is 3.26. The average molecular weight is 256 g/mol. The Morgan fingerprint density at radius 3 is 2.74 bits per heavy atom. The topological polar surface area (TPSA) is 18.5 Å². The van der Waals surface area contributed by atoms with Crippen LogP contribution in [0.15, 0.2) is 48.5 Å². The van der Waals surface area contributed by atoms with Crippen molar-refractivity contribution in [3.8, 4) is 23.3 Å². The standard InChI is InChI=1S/C16H13FO2/c1-18-14-8-4-6-13(12-14)7-5-11-19-16-10-3-2-9-15(16)17/h2-4,6,8-10,12H,11H2,1H3. The fourth-order valence-electron chi connectivity index (χ4n) is 1.51. The van der Waals surface area contributed by atoms with Crippen LogP contribution in [0.4, 0.5) is 4.39 Å². The third-order valence-electron chi connectivity index (χ3n) is 2.44. The summed E-state index contributed by atoms with van der Waals surface area (Å²) in [6.07, 6.45) is 0. The molecule has 0 aliphatic heterocycles. The van der Waals surface area contributed by atoms with E-state index >= 15 is 0 Å². The summed E-state index contributed by atoms with van der Waals surface area (Å²) in [5, 5.41) is 0. The minimum Gasteiger partial charge on any atom is -0.497 e. The lowest BCUT2D eigenvalue weighted by molar-refractivity contribution is 0.348. The van der Waals surface area contributed by atoms with E-state index in [-0.39, 0.29) is 18.2 Å². The predicted molar refractivity (Wildman–Crippen MR) is 71.8 cm³/mol. The second-order valence-electron chi connectivity index (χ2n) is 3.75. The molecule has 0 aliphatic carbocycles. The van der Waals surface area contributed by atoms with Crippen molar-refractivity contribution in [2.45, 2.75) is 0 Å². The van der Waals surface area contributed by atoms with Gasteiger partial charge in [0, 0.05) is 5.56 Å². The van der Waals surface area contributed by atoms with Gasteiger partial charge in [-0.2, -0.15) is 0 Å². The lowest BCUT2D eigenvalue weighted by Gasteiger charge is -2.02. The van der Waals surface area contributed by atoms with Gasteiger partial charge in [0.15, 0.2) is 11.6 Å². The molecule has 3 heteroatoms. The van der Waals surface area contributed by atoms with Crippen LogP contribution in [0, 0.1) is 17.7 Å². The molecule has 0 aromatic heterocycles. The molecule has 0 bridgehead atoms. The van der Waals surface area contributed by atoms with Crippen molar-refractivity contribution in [3.05, 3.63) is 59.9 Å². The first-order chi connectivity index (χ1) is 9.29. The van der Waals surface area contributed by atoms with E-state index in [2.05, 4.69) is 11.8 Å². The zero-order valence-electron chi connectivity index (χ0n) is 10.5. The summed E-state index contributed by atoms with van der Waals surface area (Å²) >= 11 is 0. The highest BCUT2D eigenvalue weighted by Crippen LogP contribution is 2.15. The Hall–Kier alpha value is -2.47. The maximum Gasteiger partial charge on any atom is 0.165 e. The summed E-state index contributed by atoms with van der Waals surface area (Å²) in [6, 6.07) is 13.7. The fraction of sp³-hybridized carbons (Fsp3) is 0.125. The number of hydrogen-bond acceptors (Lipinski definition) is 2. The maximum absolute atomic E-state index is 13.2. The molecular formula is C16H13FO2. The van der Waals surface area contributed by atoms with Gasteiger partial charge in [0.1, 0.15) is 12.4 Å². The molecule has 0 saturated heterocycles. The van der Waals surface area contributed by atoms with E-state index in [4.69, 9.17) is 9.47 Å². The molecule has 0 amide bonds. The molecule has 0 heterocycles. The zero-order chi connectivity index (χ0) is 13.5. The lowest BCUT2D eigenvalue weighted by atomic mass is 10.2. The molecule has 2 aromatic rings. The Bertz CT molecular complexity index is 611. The Kier molecular flexibility index (Phi) is 4.41. The number of halogens is 1. The third kappa shape index (κ3) is 3.75. The summed E-state index contributed by atoms with van der Waals surface area (Å²) in [7, 11) is 1.60. The van der Waals surface area contributed by atoms with Crippen LogP contribution in [-0.4, -0.2) is 13.7 Å². The minimum atomic E-state index is -0.384. The molecule has 2 nitrogen and oxygen atoms in total. The van der Waals surface area contributed by atoms with Crippen molar-refractivity contribution in [2.75, 3.05) is 13.7 Å². The van der Waals surface area contributed by atoms with Gasteiger partial charge in [0.2, 0.25) is 0 Å². The van der Waals surface area contributed by atoms with Crippen LogP contribution in [0.1, 0.15) is 5.56 Å². The monoisotopic (exact) mass is 256 g/mol. The quantitative estimate of drug-likeness (QED) is 0.785. The Morgan fingerprint density at radius 1 is 1.11 bits per heavy atom. The van der Waals surface area contributed by atoms with E-state index in [0.717, 1.165) is 11.3 Å². The first-order valence-corrected chi connectivity index (χ1v) is 5.80. The summed E-state index contributed by atoms with van der Waals surface area (Å²) < 4.78 is 23.6. The Morgan fingerprint density at radius 2 is 1.95 bits per heavy atom. The largest absolute Gasteiger partial charge is 0.497 e. The second-order valence-corrected chi connectivity index (χ2v) is 3.75. The molecule has 0 saturated carbocycles. The van der Waals surface area contributed by atoms with Gasteiger partial charge in [-0.25, -0.2) is 4.39 Å². The van der Waals surface area contributed by atoms with Crippen molar-refractivity contribution >= 4 is 0 Å². The molecule has 0 fully saturated rings. The lowest BCUT2D eigenvalue weighted by Crippen LogP contribution is -1.96. The zero-order valence-corrected chi connectivity index (χ0v) is 10.5. The van der Waals surface area contributed by atoms with E-state index in [1.807, 2.05) is 24.3 Å². The molecule has 19 heavy (non-hydrogen) atoms. The van der Waals surface area contributed by atoms with Crippen molar-refractivity contribution < 1.29 is 13.9 Å². The molecular weight excluding hydrogens is 243 g/mol. The van der Waals surface area contributed by atoms with Gasteiger partial charge in [0.05, 0.1) is 7.11 Å². The molecule has 0 radical (unpaired) electrons. The minimum absolute atomic E-state index is 0.137. The van der Waals surface area contributed by atoms with E-state index in [1.165, 1.54) is 6.07 Å². The Labute approximate surface area is 111 Å². The van der Waals surface area contributed by atoms with Gasteiger partial charge in [-0.3, -0.25) is 0 Å². The maximum atomic E-state index is 13.2. The summed E-state index contributed by atoms with van der Waals surface area (Å²) in [5.41, 5.74) is 0.830. The van der Waals surface area contributed by atoms with Crippen molar-refractivity contribution in [2.24, 2.45) is 0 Å². The molecule has 96 valence electrons. The van der Waals surface area contributed by atoms with Crippen LogP contribution < -0.4 is 9.47 Å². The SMILES string of the molecule is COc1cccc(C#CCOc2ccccc2F)c1. The molecule has 0 aliphatic rings. The molecule has 0 atom stereocenters. The average Bonchev–Trinajstić information content (AvgIpc) is 2.45. The first kappa shape index (κ1) is 13.0. The number of rotatable bonds is 3. The molecule has 2 aromatic carbocycles. The van der Waals surface area contributed by atoms with E-state index in [0.29, 0.717) is 0 Å². The number of para-hydroxylation sites is 1. The highest BCUT2D eigenvalue weighted by Gasteiger charge is 1.98. The highest BCUT2D eigenvalue weighted by atomic mass is 19.1. The van der Waals surface area contributed by atoms with Gasteiger partial charge in [0.25, 0.3) is 0 Å². The number of methoxy groups -OCH3 is 1. The van der Waals surface area contributed by atoms with Gasteiger partial charge >= 0.3 is 0 Å². The molecule has 2 rings (SSSR count). The van der Waals surface area contributed by atoms with Crippen molar-refractivity contribution in [1.82, 2.24) is 0 Å². The van der Waals surface area contributed by atoms with Crippen LogP contribution in [-0.2, 0) is 0 Å². The third-order valence-corrected chi connectivity index (χ3v) is 2.44. The van der Waals surface area contributed by atoms with Crippen molar-refractivity contribution in [3.63, 3.8) is 0 Å². The molecule has 0 unspecified atom stereocenters. The normalized spacial score (nSPS) is 9.37.